The van der Waals surface area contributed by atoms with Crippen LogP contribution in [0.3, 0.4) is 0 Å². The molecule has 0 saturated heterocycles. The summed E-state index contributed by atoms with van der Waals surface area (Å²) < 4.78 is 10.5. The molecule has 1 aromatic rings. The van der Waals surface area contributed by atoms with Gasteiger partial charge < -0.3 is 9.47 Å². The lowest BCUT2D eigenvalue weighted by atomic mass is 10.2. The van der Waals surface area contributed by atoms with Crippen LogP contribution in [0.2, 0.25) is 0 Å². The molecule has 0 aliphatic heterocycles. The Morgan fingerprint density at radius 1 is 1.38 bits per heavy atom. The molecule has 0 amide bonds. The van der Waals surface area contributed by atoms with Crippen LogP contribution in [-0.2, 0) is 0 Å². The van der Waals surface area contributed by atoms with Crippen molar-refractivity contribution in [2.75, 3.05) is 13.7 Å². The van der Waals surface area contributed by atoms with Gasteiger partial charge in [0.1, 0.15) is 6.61 Å². The SMILES string of the molecule is [CH2]c1ccc(OC)c(OCC=C)c1. The minimum absolute atomic E-state index is 0.472. The number of benzene rings is 1. The van der Waals surface area contributed by atoms with Gasteiger partial charge >= 0.3 is 0 Å². The van der Waals surface area contributed by atoms with Crippen LogP contribution < -0.4 is 9.47 Å². The lowest BCUT2D eigenvalue weighted by Crippen LogP contribution is -1.96. The number of rotatable bonds is 4. The second-order valence-electron chi connectivity index (χ2n) is 2.58. The quantitative estimate of drug-likeness (QED) is 0.658. The van der Waals surface area contributed by atoms with Crippen LogP contribution in [0, 0.1) is 6.92 Å². The Morgan fingerprint density at radius 2 is 2.15 bits per heavy atom. The van der Waals surface area contributed by atoms with Crippen molar-refractivity contribution in [2.24, 2.45) is 0 Å². The van der Waals surface area contributed by atoms with E-state index in [9.17, 15) is 0 Å². The van der Waals surface area contributed by atoms with Gasteiger partial charge in [0.2, 0.25) is 0 Å². The van der Waals surface area contributed by atoms with E-state index in [0.29, 0.717) is 18.1 Å². The first-order valence-corrected chi connectivity index (χ1v) is 4.01. The summed E-state index contributed by atoms with van der Waals surface area (Å²) in [5.41, 5.74) is 0.903. The fourth-order valence-corrected chi connectivity index (χ4v) is 0.983. The average molecular weight is 177 g/mol. The molecule has 0 N–H and O–H groups in total. The summed E-state index contributed by atoms with van der Waals surface area (Å²) in [4.78, 5) is 0. The van der Waals surface area contributed by atoms with Crippen molar-refractivity contribution in [3.05, 3.63) is 43.3 Å². The summed E-state index contributed by atoms with van der Waals surface area (Å²) in [7, 11) is 1.61. The summed E-state index contributed by atoms with van der Waals surface area (Å²) in [5, 5.41) is 0. The molecule has 0 saturated carbocycles. The molecule has 1 aromatic carbocycles. The molecule has 2 heteroatoms. The van der Waals surface area contributed by atoms with Crippen molar-refractivity contribution in [3.8, 4) is 11.5 Å². The van der Waals surface area contributed by atoms with Crippen LogP contribution in [0.25, 0.3) is 0 Å². The maximum Gasteiger partial charge on any atom is 0.161 e. The van der Waals surface area contributed by atoms with Gasteiger partial charge in [-0.2, -0.15) is 0 Å². The Morgan fingerprint density at radius 3 is 2.77 bits per heavy atom. The molecular weight excluding hydrogens is 164 g/mol. The van der Waals surface area contributed by atoms with E-state index in [1.807, 2.05) is 18.2 Å². The lowest BCUT2D eigenvalue weighted by molar-refractivity contribution is 0.326. The zero-order valence-electron chi connectivity index (χ0n) is 7.75. The molecule has 0 heterocycles. The van der Waals surface area contributed by atoms with E-state index >= 15 is 0 Å². The predicted octanol–water partition coefficient (Wildman–Crippen LogP) is 2.44. The Balaban J connectivity index is 2.87. The number of methoxy groups -OCH3 is 1. The van der Waals surface area contributed by atoms with Crippen molar-refractivity contribution >= 4 is 0 Å². The number of hydrogen-bond acceptors (Lipinski definition) is 2. The fourth-order valence-electron chi connectivity index (χ4n) is 0.983. The van der Waals surface area contributed by atoms with Crippen LogP contribution in [-0.4, -0.2) is 13.7 Å². The predicted molar refractivity (Wildman–Crippen MR) is 53.1 cm³/mol. The van der Waals surface area contributed by atoms with E-state index in [2.05, 4.69) is 13.5 Å². The molecule has 2 nitrogen and oxygen atoms in total. The van der Waals surface area contributed by atoms with Crippen LogP contribution in [0.4, 0.5) is 0 Å². The molecule has 1 radical (unpaired) electrons. The van der Waals surface area contributed by atoms with Crippen molar-refractivity contribution in [3.63, 3.8) is 0 Å². The molecule has 1 rings (SSSR count). The fraction of sp³-hybridized carbons (Fsp3) is 0.182. The van der Waals surface area contributed by atoms with Crippen molar-refractivity contribution in [2.45, 2.75) is 0 Å². The molecule has 13 heavy (non-hydrogen) atoms. The number of hydrogen-bond donors (Lipinski definition) is 0. The summed E-state index contributed by atoms with van der Waals surface area (Å²) >= 11 is 0. The summed E-state index contributed by atoms with van der Waals surface area (Å²) in [6.45, 7) is 7.85. The third-order valence-electron chi connectivity index (χ3n) is 1.58. The number of ether oxygens (including phenoxy) is 2. The second kappa shape index (κ2) is 4.55. The van der Waals surface area contributed by atoms with Gasteiger partial charge in [0.05, 0.1) is 7.11 Å². The van der Waals surface area contributed by atoms with E-state index < -0.39 is 0 Å². The monoisotopic (exact) mass is 177 g/mol. The van der Waals surface area contributed by atoms with Gasteiger partial charge in [0, 0.05) is 0 Å². The second-order valence-corrected chi connectivity index (χ2v) is 2.58. The normalized spacial score (nSPS) is 9.38. The zero-order valence-corrected chi connectivity index (χ0v) is 7.75. The summed E-state index contributed by atoms with van der Waals surface area (Å²) in [6.07, 6.45) is 1.69. The van der Waals surface area contributed by atoms with E-state index in [1.54, 1.807) is 13.2 Å². The first kappa shape index (κ1) is 9.65. The van der Waals surface area contributed by atoms with Crippen molar-refractivity contribution in [1.82, 2.24) is 0 Å². The molecular formula is C11H13O2. The maximum atomic E-state index is 5.37. The summed E-state index contributed by atoms with van der Waals surface area (Å²) in [5.74, 6) is 1.42. The molecule has 0 atom stereocenters. The molecule has 0 aliphatic rings. The van der Waals surface area contributed by atoms with E-state index in [-0.39, 0.29) is 0 Å². The third-order valence-corrected chi connectivity index (χ3v) is 1.58. The van der Waals surface area contributed by atoms with Gasteiger partial charge in [-0.3, -0.25) is 0 Å². The molecule has 0 aromatic heterocycles. The maximum absolute atomic E-state index is 5.37. The van der Waals surface area contributed by atoms with Gasteiger partial charge in [-0.25, -0.2) is 0 Å². The highest BCUT2D eigenvalue weighted by molar-refractivity contribution is 5.43. The highest BCUT2D eigenvalue weighted by Crippen LogP contribution is 2.27. The highest BCUT2D eigenvalue weighted by atomic mass is 16.5. The lowest BCUT2D eigenvalue weighted by Gasteiger charge is -2.09. The smallest absolute Gasteiger partial charge is 0.161 e. The van der Waals surface area contributed by atoms with Gasteiger partial charge in [0.25, 0.3) is 0 Å². The van der Waals surface area contributed by atoms with E-state index in [0.717, 1.165) is 5.56 Å². The minimum Gasteiger partial charge on any atom is -0.493 e. The standard InChI is InChI=1S/C11H13O2/c1-4-7-13-11-8-9(2)5-6-10(11)12-3/h4-6,8H,1-2,7H2,3H3. The first-order valence-electron chi connectivity index (χ1n) is 4.01. The Bertz CT molecular complexity index is 292. The van der Waals surface area contributed by atoms with Crippen molar-refractivity contribution in [1.29, 1.82) is 0 Å². The Labute approximate surface area is 78.8 Å². The zero-order chi connectivity index (χ0) is 9.68. The van der Waals surface area contributed by atoms with Gasteiger partial charge in [-0.15, -0.1) is 0 Å². The molecule has 0 unspecified atom stereocenters. The van der Waals surface area contributed by atoms with Crippen LogP contribution in [0.15, 0.2) is 30.9 Å². The topological polar surface area (TPSA) is 18.5 Å². The van der Waals surface area contributed by atoms with Gasteiger partial charge in [0.15, 0.2) is 11.5 Å². The van der Waals surface area contributed by atoms with Crippen molar-refractivity contribution < 1.29 is 9.47 Å². The van der Waals surface area contributed by atoms with Gasteiger partial charge in [-0.1, -0.05) is 18.7 Å². The minimum atomic E-state index is 0.472. The highest BCUT2D eigenvalue weighted by Gasteiger charge is 2.02. The average Bonchev–Trinajstić information content (AvgIpc) is 2.15. The molecule has 0 fully saturated rings. The van der Waals surface area contributed by atoms with E-state index in [1.165, 1.54) is 0 Å². The van der Waals surface area contributed by atoms with Crippen LogP contribution in [0.5, 0.6) is 11.5 Å². The first-order chi connectivity index (χ1) is 6.27. The third kappa shape index (κ3) is 2.51. The Kier molecular flexibility index (Phi) is 3.38. The molecule has 0 aliphatic carbocycles. The van der Waals surface area contributed by atoms with E-state index in [4.69, 9.17) is 9.47 Å². The molecule has 0 spiro atoms. The van der Waals surface area contributed by atoms with Crippen LogP contribution >= 0.6 is 0 Å². The molecule has 69 valence electrons. The van der Waals surface area contributed by atoms with Gasteiger partial charge in [-0.05, 0) is 24.6 Å². The molecule has 0 bridgehead atoms. The van der Waals surface area contributed by atoms with Crippen LogP contribution in [0.1, 0.15) is 5.56 Å². The Hall–Kier alpha value is -1.44. The largest absolute Gasteiger partial charge is 0.493 e. The summed E-state index contributed by atoms with van der Waals surface area (Å²) in [6, 6.07) is 5.54.